The largest absolute Gasteiger partial charge is 0.492 e. The summed E-state index contributed by atoms with van der Waals surface area (Å²) in [5, 5.41) is 22.7. The van der Waals surface area contributed by atoms with Crippen molar-refractivity contribution < 1.29 is 38.1 Å². The molecule has 50 heavy (non-hydrogen) atoms. The summed E-state index contributed by atoms with van der Waals surface area (Å²) in [5.41, 5.74) is 3.82. The van der Waals surface area contributed by atoms with Crippen molar-refractivity contribution in [1.29, 1.82) is 0 Å². The van der Waals surface area contributed by atoms with E-state index >= 15 is 0 Å². The molecule has 1 saturated carbocycles. The number of piperazine rings is 1. The Bertz CT molecular complexity index is 1770. The first-order chi connectivity index (χ1) is 24.0. The summed E-state index contributed by atoms with van der Waals surface area (Å²) >= 11 is 3.38. The first kappa shape index (κ1) is 35.7. The molecule has 2 aliphatic heterocycles. The first-order valence-electron chi connectivity index (χ1n) is 16.9. The number of rotatable bonds is 14. The summed E-state index contributed by atoms with van der Waals surface area (Å²) in [5.74, 6) is -2.04. The van der Waals surface area contributed by atoms with Crippen LogP contribution >= 0.6 is 15.9 Å². The lowest BCUT2D eigenvalue weighted by atomic mass is 9.82. The number of ether oxygens (including phenoxy) is 1. The molecule has 3 aromatic rings. The van der Waals surface area contributed by atoms with Crippen molar-refractivity contribution in [1.82, 2.24) is 15.1 Å². The monoisotopic (exact) mass is 751 g/mol. The van der Waals surface area contributed by atoms with Gasteiger partial charge in [-0.25, -0.2) is 8.78 Å². The molecular weight excluding hydrogens is 712 g/mol. The highest BCUT2D eigenvalue weighted by molar-refractivity contribution is 9.10. The van der Waals surface area contributed by atoms with E-state index in [1.807, 2.05) is 24.3 Å². The van der Waals surface area contributed by atoms with Crippen LogP contribution in [0.2, 0.25) is 0 Å². The Morgan fingerprint density at radius 2 is 1.78 bits per heavy atom. The standard InChI is InChI=1S/C38H40BrF2N3O6/c39-31-14-11-26(40)16-34(31)50-15-3-4-23-7-9-24(10-8-23)30-17-27-21-43(35(46)18-29(45)19-36(47)48)22-33(42-27)37(30)38(49)44(28-12-13-28)20-25-5-1-2-6-32(25)41/h1-2,5-11,14,16,27-29,33,42,45H,3-4,12-13,15,17-22H2,(H,47,48)/t27-,29-,33-/m1/s1. The van der Waals surface area contributed by atoms with Crippen LogP contribution in [0.15, 0.2) is 76.8 Å². The van der Waals surface area contributed by atoms with Crippen molar-refractivity contribution in [2.75, 3.05) is 19.7 Å². The zero-order valence-electron chi connectivity index (χ0n) is 27.5. The lowest BCUT2D eigenvalue weighted by Gasteiger charge is -2.45. The minimum absolute atomic E-state index is 0.0151. The van der Waals surface area contributed by atoms with Crippen molar-refractivity contribution >= 4 is 39.3 Å². The van der Waals surface area contributed by atoms with Crippen molar-refractivity contribution in [3.05, 3.63) is 105 Å². The van der Waals surface area contributed by atoms with Gasteiger partial charge >= 0.3 is 5.97 Å². The Hall–Kier alpha value is -4.13. The number of aliphatic hydroxyl groups excluding tert-OH is 1. The number of hydrogen-bond acceptors (Lipinski definition) is 6. The maximum atomic E-state index is 14.8. The lowest BCUT2D eigenvalue weighted by Crippen LogP contribution is -2.62. The van der Waals surface area contributed by atoms with Crippen LogP contribution in [0.4, 0.5) is 8.78 Å². The SMILES string of the molecule is O=C(O)C[C@H](O)CC(=O)N1C[C@H]2CC(c3ccc(CCCOc4cc(F)ccc4Br)cc3)=C(C(=O)N(Cc3ccccc3F)C3CC3)[C@@H](C1)N2. The fourth-order valence-electron chi connectivity index (χ4n) is 6.81. The normalized spacial score (nSPS) is 19.2. The quantitative estimate of drug-likeness (QED) is 0.187. The fourth-order valence-corrected chi connectivity index (χ4v) is 7.17. The number of amides is 2. The van der Waals surface area contributed by atoms with Gasteiger partial charge in [-0.15, -0.1) is 0 Å². The predicted octanol–water partition coefficient (Wildman–Crippen LogP) is 5.48. The van der Waals surface area contributed by atoms with Crippen LogP contribution in [-0.4, -0.2) is 81.7 Å². The highest BCUT2D eigenvalue weighted by atomic mass is 79.9. The molecule has 0 unspecified atom stereocenters. The number of nitrogens with zero attached hydrogens (tertiary/aromatic N) is 2. The summed E-state index contributed by atoms with van der Waals surface area (Å²) in [6.07, 6.45) is 1.40. The zero-order chi connectivity index (χ0) is 35.4. The molecular formula is C38H40BrF2N3O6. The number of halogens is 3. The molecule has 9 nitrogen and oxygen atoms in total. The van der Waals surface area contributed by atoms with E-state index in [-0.39, 0.29) is 55.0 Å². The van der Waals surface area contributed by atoms with E-state index < -0.39 is 24.5 Å². The van der Waals surface area contributed by atoms with E-state index in [1.165, 1.54) is 18.2 Å². The van der Waals surface area contributed by atoms with Gasteiger partial charge in [-0.3, -0.25) is 14.4 Å². The fraction of sp³-hybridized carbons (Fsp3) is 0.395. The molecule has 0 radical (unpaired) electrons. The number of carbonyl (C=O) groups is 3. The van der Waals surface area contributed by atoms with Gasteiger partial charge in [-0.05, 0) is 82.9 Å². The summed E-state index contributed by atoms with van der Waals surface area (Å²) < 4.78 is 34.9. The molecule has 2 heterocycles. The molecule has 2 bridgehead atoms. The minimum Gasteiger partial charge on any atom is -0.492 e. The molecule has 3 aliphatic rings. The van der Waals surface area contributed by atoms with Gasteiger partial charge in [0.25, 0.3) is 5.91 Å². The van der Waals surface area contributed by atoms with Crippen LogP contribution in [-0.2, 0) is 27.3 Å². The van der Waals surface area contributed by atoms with E-state index in [0.29, 0.717) is 47.4 Å². The van der Waals surface area contributed by atoms with Crippen LogP contribution in [0.3, 0.4) is 0 Å². The lowest BCUT2D eigenvalue weighted by molar-refractivity contribution is -0.141. The van der Waals surface area contributed by atoms with Gasteiger partial charge in [0.1, 0.15) is 17.4 Å². The molecule has 3 atom stereocenters. The molecule has 1 saturated heterocycles. The molecule has 2 fully saturated rings. The number of aliphatic hydroxyl groups is 1. The van der Waals surface area contributed by atoms with Gasteiger partial charge < -0.3 is 30.1 Å². The van der Waals surface area contributed by atoms with Crippen LogP contribution in [0.5, 0.6) is 5.75 Å². The van der Waals surface area contributed by atoms with Crippen LogP contribution in [0.1, 0.15) is 55.2 Å². The van der Waals surface area contributed by atoms with Gasteiger partial charge in [0.05, 0.1) is 36.1 Å². The Morgan fingerprint density at radius 1 is 1.02 bits per heavy atom. The Kier molecular flexibility index (Phi) is 11.3. The zero-order valence-corrected chi connectivity index (χ0v) is 29.1. The number of nitrogens with one attached hydrogen (secondary N) is 1. The van der Waals surface area contributed by atoms with Crippen LogP contribution in [0, 0.1) is 11.6 Å². The van der Waals surface area contributed by atoms with Gasteiger partial charge in [-0.1, -0.05) is 42.5 Å². The van der Waals surface area contributed by atoms with E-state index in [1.54, 1.807) is 34.1 Å². The van der Waals surface area contributed by atoms with Gasteiger partial charge in [0.15, 0.2) is 0 Å². The third kappa shape index (κ3) is 8.77. The van der Waals surface area contributed by atoms with Gasteiger partial charge in [0.2, 0.25) is 5.91 Å². The Balaban J connectivity index is 1.23. The topological polar surface area (TPSA) is 119 Å². The first-order valence-corrected chi connectivity index (χ1v) is 17.7. The van der Waals surface area contributed by atoms with Crippen molar-refractivity contribution in [3.8, 4) is 5.75 Å². The van der Waals surface area contributed by atoms with Crippen molar-refractivity contribution in [3.63, 3.8) is 0 Å². The van der Waals surface area contributed by atoms with Crippen LogP contribution in [0.25, 0.3) is 5.57 Å². The summed E-state index contributed by atoms with van der Waals surface area (Å²) in [4.78, 5) is 42.2. The smallest absolute Gasteiger partial charge is 0.305 e. The number of benzene rings is 3. The summed E-state index contributed by atoms with van der Waals surface area (Å²) in [6, 6.07) is 18.1. The Morgan fingerprint density at radius 3 is 2.50 bits per heavy atom. The molecule has 12 heteroatoms. The second-order valence-corrected chi connectivity index (χ2v) is 14.1. The van der Waals surface area contributed by atoms with E-state index in [2.05, 4.69) is 21.2 Å². The molecule has 0 aromatic heterocycles. The molecule has 3 aromatic carbocycles. The second-order valence-electron chi connectivity index (χ2n) is 13.2. The van der Waals surface area contributed by atoms with Gasteiger partial charge in [0, 0.05) is 48.9 Å². The number of fused-ring (bicyclic) bond motifs is 2. The van der Waals surface area contributed by atoms with E-state index in [0.717, 1.165) is 36.0 Å². The average molecular weight is 753 g/mol. The second kappa shape index (κ2) is 15.8. The average Bonchev–Trinajstić information content (AvgIpc) is 3.92. The maximum absolute atomic E-state index is 14.8. The van der Waals surface area contributed by atoms with E-state index in [9.17, 15) is 28.3 Å². The Labute approximate surface area is 298 Å². The number of carboxylic acid groups (broad SMARTS) is 1. The highest BCUT2D eigenvalue weighted by Crippen LogP contribution is 2.38. The number of carbonyl (C=O) groups excluding carboxylic acids is 2. The third-order valence-electron chi connectivity index (χ3n) is 9.42. The maximum Gasteiger partial charge on any atom is 0.305 e. The number of carboxylic acids is 1. The van der Waals surface area contributed by atoms with Crippen molar-refractivity contribution in [2.24, 2.45) is 0 Å². The number of aliphatic carboxylic acids is 1. The third-order valence-corrected chi connectivity index (χ3v) is 10.1. The van der Waals surface area contributed by atoms with Crippen LogP contribution < -0.4 is 10.1 Å². The summed E-state index contributed by atoms with van der Waals surface area (Å²) in [6.45, 7) is 1.06. The number of aryl methyl sites for hydroxylation is 1. The van der Waals surface area contributed by atoms with E-state index in [4.69, 9.17) is 9.84 Å². The highest BCUT2D eigenvalue weighted by Gasteiger charge is 2.43. The predicted molar refractivity (Wildman–Crippen MR) is 186 cm³/mol. The molecule has 264 valence electrons. The molecule has 3 N–H and O–H groups in total. The molecule has 2 amide bonds. The minimum atomic E-state index is -1.30. The molecule has 1 aliphatic carbocycles. The summed E-state index contributed by atoms with van der Waals surface area (Å²) in [7, 11) is 0. The van der Waals surface area contributed by atoms with Crippen molar-refractivity contribution in [2.45, 2.75) is 75.7 Å². The van der Waals surface area contributed by atoms with Gasteiger partial charge in [-0.2, -0.15) is 0 Å². The number of hydrogen-bond donors (Lipinski definition) is 3. The molecule has 0 spiro atoms. The molecule has 6 rings (SSSR count).